The third-order valence-electron chi connectivity index (χ3n) is 4.49. The van der Waals surface area contributed by atoms with Crippen LogP contribution in [-0.2, 0) is 16.2 Å². The van der Waals surface area contributed by atoms with E-state index in [-0.39, 0.29) is 5.70 Å². The van der Waals surface area contributed by atoms with Gasteiger partial charge < -0.3 is 15.5 Å². The minimum Gasteiger partial charge on any atom is -0.489 e. The fourth-order valence-corrected chi connectivity index (χ4v) is 3.03. The van der Waals surface area contributed by atoms with Crippen molar-refractivity contribution in [2.45, 2.75) is 6.61 Å². The van der Waals surface area contributed by atoms with Crippen LogP contribution in [0.1, 0.15) is 5.56 Å². The van der Waals surface area contributed by atoms with Crippen LogP contribution in [0.4, 0.5) is 11.4 Å². The molecule has 1 aliphatic rings. The van der Waals surface area contributed by atoms with Crippen LogP contribution in [0, 0.1) is 0 Å². The van der Waals surface area contributed by atoms with Crippen LogP contribution in [0.25, 0.3) is 11.9 Å². The Kier molecular flexibility index (Phi) is 5.25. The number of aldehydes is 1. The second-order valence-corrected chi connectivity index (χ2v) is 6.50. The van der Waals surface area contributed by atoms with Gasteiger partial charge in [0.1, 0.15) is 18.1 Å². The molecule has 6 heteroatoms. The fourth-order valence-electron chi connectivity index (χ4n) is 3.03. The van der Waals surface area contributed by atoms with Gasteiger partial charge in [0.05, 0.1) is 0 Å². The van der Waals surface area contributed by atoms with Crippen molar-refractivity contribution in [2.24, 2.45) is 0 Å². The maximum absolute atomic E-state index is 11.8. The average molecular weight is 385 g/mol. The van der Waals surface area contributed by atoms with Gasteiger partial charge in [-0.3, -0.25) is 15.0 Å². The maximum Gasteiger partial charge on any atom is 0.243 e. The first-order valence-corrected chi connectivity index (χ1v) is 9.12. The van der Waals surface area contributed by atoms with Gasteiger partial charge in [-0.05, 0) is 42.0 Å². The highest BCUT2D eigenvalue weighted by Crippen LogP contribution is 2.20. The van der Waals surface area contributed by atoms with Crippen molar-refractivity contribution in [1.29, 1.82) is 0 Å². The number of ketones is 1. The summed E-state index contributed by atoms with van der Waals surface area (Å²) >= 11 is 0. The summed E-state index contributed by atoms with van der Waals surface area (Å²) in [7, 11) is 0. The molecular weight excluding hydrogens is 366 g/mol. The van der Waals surface area contributed by atoms with Gasteiger partial charge in [-0.2, -0.15) is 0 Å². The lowest BCUT2D eigenvalue weighted by molar-refractivity contribution is -0.126. The van der Waals surface area contributed by atoms with Crippen molar-refractivity contribution < 1.29 is 14.3 Å². The Morgan fingerprint density at radius 2 is 1.72 bits per heavy atom. The zero-order chi connectivity index (χ0) is 20.1. The number of hydrazine groups is 1. The molecule has 29 heavy (non-hydrogen) atoms. The van der Waals surface area contributed by atoms with Crippen molar-refractivity contribution in [3.05, 3.63) is 88.8 Å². The third kappa shape index (κ3) is 4.27. The van der Waals surface area contributed by atoms with E-state index < -0.39 is 5.78 Å². The average Bonchev–Trinajstić information content (AvgIpc) is 2.78. The standard InChI is InChI=1S/C23H19N3O3/c27-14-22(28)23-21-12-19(7-6-17(21)13-24-26-23)25-18-8-10-20(11-9-18)29-15-16-4-2-1-3-5-16/h1-14,24-26H,15H2. The van der Waals surface area contributed by atoms with E-state index in [1.54, 1.807) is 6.20 Å². The van der Waals surface area contributed by atoms with Crippen molar-refractivity contribution in [1.82, 2.24) is 10.9 Å². The van der Waals surface area contributed by atoms with E-state index in [9.17, 15) is 9.59 Å². The SMILES string of the molecule is O=CC(=O)C1=c2cc(Nc3ccc(OCc4ccccc4)cc3)ccc2=CNN1. The van der Waals surface area contributed by atoms with Crippen molar-refractivity contribution >= 4 is 35.3 Å². The molecule has 6 nitrogen and oxygen atoms in total. The minimum atomic E-state index is -0.607. The summed E-state index contributed by atoms with van der Waals surface area (Å²) in [4.78, 5) is 22.7. The highest BCUT2D eigenvalue weighted by Gasteiger charge is 2.12. The quantitative estimate of drug-likeness (QED) is 0.425. The lowest BCUT2D eigenvalue weighted by atomic mass is 10.1. The van der Waals surface area contributed by atoms with Crippen LogP contribution in [0.2, 0.25) is 0 Å². The molecule has 3 N–H and O–H groups in total. The van der Waals surface area contributed by atoms with Gasteiger partial charge in [-0.15, -0.1) is 0 Å². The highest BCUT2D eigenvalue weighted by atomic mass is 16.5. The molecule has 0 spiro atoms. The second kappa shape index (κ2) is 8.31. The number of Topliss-reactive ketones (excluding diaryl/α,β-unsaturated/α-hetero) is 1. The summed E-state index contributed by atoms with van der Waals surface area (Å²) in [6, 6.07) is 23.3. The number of hydrogen-bond donors (Lipinski definition) is 3. The summed E-state index contributed by atoms with van der Waals surface area (Å²) in [6.45, 7) is 0.513. The molecule has 144 valence electrons. The Balaban J connectivity index is 1.50. The lowest BCUT2D eigenvalue weighted by Crippen LogP contribution is -2.45. The molecule has 3 aromatic rings. The predicted molar refractivity (Wildman–Crippen MR) is 111 cm³/mol. The molecule has 0 aliphatic carbocycles. The van der Waals surface area contributed by atoms with Gasteiger partial charge in [-0.25, -0.2) is 0 Å². The molecule has 4 rings (SSSR count). The molecule has 0 bridgehead atoms. The Bertz CT molecular complexity index is 1160. The number of rotatable bonds is 7. The summed E-state index contributed by atoms with van der Waals surface area (Å²) in [6.07, 6.45) is 2.03. The van der Waals surface area contributed by atoms with E-state index >= 15 is 0 Å². The number of carbonyl (C=O) groups excluding carboxylic acids is 2. The van der Waals surface area contributed by atoms with Gasteiger partial charge >= 0.3 is 0 Å². The van der Waals surface area contributed by atoms with Gasteiger partial charge in [0.2, 0.25) is 5.78 Å². The fraction of sp³-hybridized carbons (Fsp3) is 0.0435. The molecule has 0 saturated heterocycles. The van der Waals surface area contributed by atoms with Crippen LogP contribution in [0.15, 0.2) is 72.8 Å². The van der Waals surface area contributed by atoms with Crippen molar-refractivity contribution in [2.75, 3.05) is 5.32 Å². The first-order chi connectivity index (χ1) is 14.2. The van der Waals surface area contributed by atoms with Crippen LogP contribution < -0.4 is 31.3 Å². The van der Waals surface area contributed by atoms with E-state index in [1.165, 1.54) is 0 Å². The molecule has 1 heterocycles. The van der Waals surface area contributed by atoms with Gasteiger partial charge in [0.25, 0.3) is 0 Å². The summed E-state index contributed by atoms with van der Waals surface area (Å²) in [5.41, 5.74) is 8.54. The first-order valence-electron chi connectivity index (χ1n) is 9.12. The molecule has 0 atom stereocenters. The van der Waals surface area contributed by atoms with Crippen LogP contribution in [0.5, 0.6) is 5.75 Å². The van der Waals surface area contributed by atoms with Gasteiger partial charge in [0.15, 0.2) is 6.29 Å². The molecule has 0 amide bonds. The number of anilines is 2. The topological polar surface area (TPSA) is 79.5 Å². The van der Waals surface area contributed by atoms with Gasteiger partial charge in [-0.1, -0.05) is 36.4 Å². The van der Waals surface area contributed by atoms with Crippen molar-refractivity contribution in [3.63, 3.8) is 0 Å². The molecule has 0 aromatic heterocycles. The Hall–Kier alpha value is -4.06. The van der Waals surface area contributed by atoms with Crippen LogP contribution >= 0.6 is 0 Å². The van der Waals surface area contributed by atoms with E-state index in [2.05, 4.69) is 16.2 Å². The second-order valence-electron chi connectivity index (χ2n) is 6.50. The van der Waals surface area contributed by atoms with Crippen LogP contribution in [-0.4, -0.2) is 12.1 Å². The van der Waals surface area contributed by atoms with E-state index in [0.29, 0.717) is 18.1 Å². The number of carbonyl (C=O) groups is 2. The Morgan fingerprint density at radius 3 is 2.48 bits per heavy atom. The Labute approximate surface area is 167 Å². The van der Waals surface area contributed by atoms with E-state index in [4.69, 9.17) is 4.74 Å². The summed E-state index contributed by atoms with van der Waals surface area (Å²) in [5.74, 6) is 0.172. The van der Waals surface area contributed by atoms with Crippen molar-refractivity contribution in [3.8, 4) is 5.75 Å². The van der Waals surface area contributed by atoms with Crippen LogP contribution in [0.3, 0.4) is 0 Å². The molecule has 0 unspecified atom stereocenters. The normalized spacial score (nSPS) is 11.9. The summed E-state index contributed by atoms with van der Waals surface area (Å²) in [5, 5.41) is 4.79. The number of ether oxygens (including phenoxy) is 1. The smallest absolute Gasteiger partial charge is 0.243 e. The molecule has 3 aromatic carbocycles. The first kappa shape index (κ1) is 18.3. The van der Waals surface area contributed by atoms with Gasteiger partial charge in [0, 0.05) is 28.0 Å². The maximum atomic E-state index is 11.8. The largest absolute Gasteiger partial charge is 0.489 e. The number of benzene rings is 3. The Morgan fingerprint density at radius 1 is 0.966 bits per heavy atom. The molecule has 0 saturated carbocycles. The molecule has 1 aliphatic heterocycles. The van der Waals surface area contributed by atoms with E-state index in [1.807, 2.05) is 72.8 Å². The number of nitrogens with one attached hydrogen (secondary N) is 3. The van der Waals surface area contributed by atoms with E-state index in [0.717, 1.165) is 27.9 Å². The molecule has 0 fully saturated rings. The monoisotopic (exact) mass is 385 g/mol. The minimum absolute atomic E-state index is 0.228. The molecule has 0 radical (unpaired) electrons. The predicted octanol–water partition coefficient (Wildman–Crippen LogP) is 1.73. The number of hydrogen-bond acceptors (Lipinski definition) is 6. The summed E-state index contributed by atoms with van der Waals surface area (Å²) < 4.78 is 5.80. The molecular formula is C23H19N3O3. The number of fused-ring (bicyclic) bond motifs is 1. The third-order valence-corrected chi connectivity index (χ3v) is 4.49. The zero-order valence-corrected chi connectivity index (χ0v) is 15.5. The highest BCUT2D eigenvalue weighted by molar-refractivity contribution is 6.43. The lowest BCUT2D eigenvalue weighted by Gasteiger charge is -2.14. The zero-order valence-electron chi connectivity index (χ0n) is 15.5.